The molecule has 1 aliphatic carbocycles. The Morgan fingerprint density at radius 3 is 2.56 bits per heavy atom. The van der Waals surface area contributed by atoms with Gasteiger partial charge in [-0.05, 0) is 31.4 Å². The van der Waals surface area contributed by atoms with E-state index in [-0.39, 0.29) is 13.2 Å². The Morgan fingerprint density at radius 2 is 2.00 bits per heavy atom. The standard InChI is InChI=1S/C14H22N2O2/c1-11-12(10-18)6-7-14(15-11)16(8-9-17)13-4-2-3-5-13/h6-7,13,17-18H,2-5,8-10H2,1H3. The lowest BCUT2D eigenvalue weighted by Gasteiger charge is -2.29. The quantitative estimate of drug-likeness (QED) is 0.834. The summed E-state index contributed by atoms with van der Waals surface area (Å²) in [5.74, 6) is 0.922. The summed E-state index contributed by atoms with van der Waals surface area (Å²) in [4.78, 5) is 6.77. The summed E-state index contributed by atoms with van der Waals surface area (Å²) in [6.07, 6.45) is 4.89. The molecule has 0 atom stereocenters. The fraction of sp³-hybridized carbons (Fsp3) is 0.643. The van der Waals surface area contributed by atoms with Crippen molar-refractivity contribution in [1.29, 1.82) is 0 Å². The molecule has 0 radical (unpaired) electrons. The van der Waals surface area contributed by atoms with Gasteiger partial charge in [0.2, 0.25) is 0 Å². The lowest BCUT2D eigenvalue weighted by Crippen LogP contribution is -2.36. The third kappa shape index (κ3) is 2.82. The summed E-state index contributed by atoms with van der Waals surface area (Å²) >= 11 is 0. The molecule has 2 rings (SSSR count). The van der Waals surface area contributed by atoms with E-state index in [4.69, 9.17) is 5.11 Å². The molecule has 0 aliphatic heterocycles. The Kier molecular flexibility index (Phi) is 4.55. The Labute approximate surface area is 108 Å². The van der Waals surface area contributed by atoms with Crippen molar-refractivity contribution in [2.75, 3.05) is 18.1 Å². The van der Waals surface area contributed by atoms with Crippen molar-refractivity contribution < 1.29 is 10.2 Å². The maximum atomic E-state index is 9.22. The summed E-state index contributed by atoms with van der Waals surface area (Å²) in [5, 5.41) is 18.4. The van der Waals surface area contributed by atoms with Crippen molar-refractivity contribution in [2.24, 2.45) is 0 Å². The molecule has 1 aliphatic rings. The first-order chi connectivity index (χ1) is 8.76. The first kappa shape index (κ1) is 13.3. The van der Waals surface area contributed by atoms with E-state index in [1.54, 1.807) is 0 Å². The molecule has 0 aromatic carbocycles. The zero-order valence-electron chi connectivity index (χ0n) is 11.0. The molecule has 18 heavy (non-hydrogen) atoms. The third-order valence-corrected chi connectivity index (χ3v) is 3.75. The van der Waals surface area contributed by atoms with Gasteiger partial charge in [-0.25, -0.2) is 4.98 Å². The van der Waals surface area contributed by atoms with Crippen molar-refractivity contribution in [3.63, 3.8) is 0 Å². The van der Waals surface area contributed by atoms with Gasteiger partial charge in [0.15, 0.2) is 0 Å². The highest BCUT2D eigenvalue weighted by atomic mass is 16.3. The van der Waals surface area contributed by atoms with Crippen LogP contribution in [0.2, 0.25) is 0 Å². The molecule has 0 bridgehead atoms. The van der Waals surface area contributed by atoms with E-state index in [9.17, 15) is 5.11 Å². The smallest absolute Gasteiger partial charge is 0.129 e. The minimum Gasteiger partial charge on any atom is -0.395 e. The second-order valence-corrected chi connectivity index (χ2v) is 4.93. The van der Waals surface area contributed by atoms with Crippen LogP contribution in [0.3, 0.4) is 0 Å². The number of anilines is 1. The number of hydrogen-bond donors (Lipinski definition) is 2. The average Bonchev–Trinajstić information content (AvgIpc) is 2.89. The lowest BCUT2D eigenvalue weighted by atomic mass is 10.1. The van der Waals surface area contributed by atoms with Gasteiger partial charge in [0.05, 0.1) is 13.2 Å². The van der Waals surface area contributed by atoms with E-state index in [2.05, 4.69) is 9.88 Å². The molecule has 0 unspecified atom stereocenters. The number of hydrogen-bond acceptors (Lipinski definition) is 4. The van der Waals surface area contributed by atoms with Gasteiger partial charge in [-0.15, -0.1) is 0 Å². The van der Waals surface area contributed by atoms with Crippen molar-refractivity contribution in [1.82, 2.24) is 4.98 Å². The first-order valence-electron chi connectivity index (χ1n) is 6.71. The number of aliphatic hydroxyl groups is 2. The van der Waals surface area contributed by atoms with Gasteiger partial charge < -0.3 is 15.1 Å². The van der Waals surface area contributed by atoms with Gasteiger partial charge >= 0.3 is 0 Å². The number of aliphatic hydroxyl groups excluding tert-OH is 2. The Morgan fingerprint density at radius 1 is 1.28 bits per heavy atom. The highest BCUT2D eigenvalue weighted by Crippen LogP contribution is 2.27. The van der Waals surface area contributed by atoms with Crippen LogP contribution in [-0.4, -0.2) is 34.4 Å². The van der Waals surface area contributed by atoms with Gasteiger partial charge in [-0.2, -0.15) is 0 Å². The number of rotatable bonds is 5. The van der Waals surface area contributed by atoms with Crippen LogP contribution in [0.5, 0.6) is 0 Å². The van der Waals surface area contributed by atoms with E-state index in [0.29, 0.717) is 12.6 Å². The van der Waals surface area contributed by atoms with Gasteiger partial charge in [-0.1, -0.05) is 18.9 Å². The number of aromatic nitrogens is 1. The molecule has 1 aromatic heterocycles. The maximum Gasteiger partial charge on any atom is 0.129 e. The zero-order chi connectivity index (χ0) is 13.0. The van der Waals surface area contributed by atoms with Crippen LogP contribution in [0.25, 0.3) is 0 Å². The molecule has 2 N–H and O–H groups in total. The van der Waals surface area contributed by atoms with Crippen molar-refractivity contribution >= 4 is 5.82 Å². The van der Waals surface area contributed by atoms with Crippen molar-refractivity contribution in [2.45, 2.75) is 45.3 Å². The van der Waals surface area contributed by atoms with Gasteiger partial charge in [0.25, 0.3) is 0 Å². The predicted molar refractivity (Wildman–Crippen MR) is 71.6 cm³/mol. The normalized spacial score (nSPS) is 16.2. The fourth-order valence-corrected chi connectivity index (χ4v) is 2.71. The van der Waals surface area contributed by atoms with Crippen molar-refractivity contribution in [3.8, 4) is 0 Å². The molecule has 4 heteroatoms. The maximum absolute atomic E-state index is 9.22. The Hall–Kier alpha value is -1.13. The topological polar surface area (TPSA) is 56.6 Å². The van der Waals surface area contributed by atoms with Crippen LogP contribution in [0, 0.1) is 6.92 Å². The highest BCUT2D eigenvalue weighted by Gasteiger charge is 2.23. The minimum atomic E-state index is 0.0303. The number of pyridine rings is 1. The minimum absolute atomic E-state index is 0.0303. The molecule has 0 saturated heterocycles. The molecular weight excluding hydrogens is 228 g/mol. The second-order valence-electron chi connectivity index (χ2n) is 4.93. The zero-order valence-corrected chi connectivity index (χ0v) is 11.0. The predicted octanol–water partition coefficient (Wildman–Crippen LogP) is 1.62. The molecule has 1 saturated carbocycles. The Balaban J connectivity index is 2.21. The van der Waals surface area contributed by atoms with Gasteiger partial charge in [0.1, 0.15) is 5.82 Å². The summed E-state index contributed by atoms with van der Waals surface area (Å²) in [6, 6.07) is 4.38. The molecule has 1 fully saturated rings. The molecule has 0 amide bonds. The van der Waals surface area contributed by atoms with Crippen molar-refractivity contribution in [3.05, 3.63) is 23.4 Å². The SMILES string of the molecule is Cc1nc(N(CCO)C2CCCC2)ccc1CO. The third-order valence-electron chi connectivity index (χ3n) is 3.75. The van der Waals surface area contributed by atoms with Crippen LogP contribution >= 0.6 is 0 Å². The van der Waals surface area contributed by atoms with Crippen LogP contribution in [-0.2, 0) is 6.61 Å². The summed E-state index contributed by atoms with van der Waals surface area (Å²) < 4.78 is 0. The summed E-state index contributed by atoms with van der Waals surface area (Å²) in [6.45, 7) is 2.73. The highest BCUT2D eigenvalue weighted by molar-refractivity contribution is 5.43. The molecule has 4 nitrogen and oxygen atoms in total. The van der Waals surface area contributed by atoms with E-state index >= 15 is 0 Å². The van der Waals surface area contributed by atoms with Gasteiger partial charge in [0, 0.05) is 18.3 Å². The van der Waals surface area contributed by atoms with Crippen LogP contribution < -0.4 is 4.90 Å². The second kappa shape index (κ2) is 6.16. The van der Waals surface area contributed by atoms with Crippen LogP contribution in [0.15, 0.2) is 12.1 Å². The molecule has 100 valence electrons. The molecular formula is C14H22N2O2. The number of nitrogens with zero attached hydrogens (tertiary/aromatic N) is 2. The number of aryl methyl sites for hydroxylation is 1. The van der Waals surface area contributed by atoms with Crippen LogP contribution in [0.4, 0.5) is 5.82 Å². The molecule has 0 spiro atoms. The van der Waals surface area contributed by atoms with E-state index in [1.807, 2.05) is 19.1 Å². The van der Waals surface area contributed by atoms with Gasteiger partial charge in [-0.3, -0.25) is 0 Å². The van der Waals surface area contributed by atoms with E-state index in [0.717, 1.165) is 17.1 Å². The molecule has 1 heterocycles. The van der Waals surface area contributed by atoms with E-state index in [1.165, 1.54) is 25.7 Å². The largest absolute Gasteiger partial charge is 0.395 e. The Bertz CT molecular complexity index is 389. The summed E-state index contributed by atoms with van der Waals surface area (Å²) in [5.41, 5.74) is 1.74. The average molecular weight is 250 g/mol. The first-order valence-corrected chi connectivity index (χ1v) is 6.71. The van der Waals surface area contributed by atoms with Crippen LogP contribution in [0.1, 0.15) is 36.9 Å². The lowest BCUT2D eigenvalue weighted by molar-refractivity contribution is 0.280. The summed E-state index contributed by atoms with van der Waals surface area (Å²) in [7, 11) is 0. The van der Waals surface area contributed by atoms with E-state index < -0.39 is 0 Å². The monoisotopic (exact) mass is 250 g/mol. The fourth-order valence-electron chi connectivity index (χ4n) is 2.71. The molecule has 1 aromatic rings.